The van der Waals surface area contributed by atoms with Crippen molar-refractivity contribution in [2.75, 3.05) is 0 Å². The third-order valence-corrected chi connectivity index (χ3v) is 9.10. The van der Waals surface area contributed by atoms with Crippen LogP contribution in [0.1, 0.15) is 45.2 Å². The van der Waals surface area contributed by atoms with E-state index >= 15 is 0 Å². The van der Waals surface area contributed by atoms with E-state index in [9.17, 15) is 22.8 Å². The lowest BCUT2D eigenvalue weighted by Gasteiger charge is -2.35. The maximum atomic E-state index is 14.4. The highest BCUT2D eigenvalue weighted by atomic mass is 79.9. The Morgan fingerprint density at radius 3 is 2.53 bits per heavy atom. The predicted molar refractivity (Wildman–Crippen MR) is 170 cm³/mol. The Bertz CT molecular complexity index is 2210. The van der Waals surface area contributed by atoms with E-state index in [0.717, 1.165) is 22.8 Å². The first kappa shape index (κ1) is 30.5. The molecular formula is C33H26BrF3N8O2. The summed E-state index contributed by atoms with van der Waals surface area (Å²) < 4.78 is 45.8. The van der Waals surface area contributed by atoms with Gasteiger partial charge in [0.15, 0.2) is 5.82 Å². The average Bonchev–Trinajstić information content (AvgIpc) is 3.67. The monoisotopic (exact) mass is 702 g/mol. The molecule has 0 N–H and O–H groups in total. The molecule has 14 heteroatoms. The number of carbonyl (C=O) groups is 1. The minimum absolute atomic E-state index is 0.0235. The number of pyridine rings is 1. The zero-order valence-corrected chi connectivity index (χ0v) is 26.7. The number of aryl methyl sites for hydroxylation is 1. The molecular weight excluding hydrogens is 677 g/mol. The van der Waals surface area contributed by atoms with Gasteiger partial charge >= 0.3 is 6.18 Å². The molecule has 7 rings (SSSR count). The first-order valence-corrected chi connectivity index (χ1v) is 15.5. The zero-order valence-electron chi connectivity index (χ0n) is 25.1. The summed E-state index contributed by atoms with van der Waals surface area (Å²) in [6.45, 7) is 1.75. The van der Waals surface area contributed by atoms with E-state index in [2.05, 4.69) is 36.2 Å². The number of hydrogen-bond acceptors (Lipinski definition) is 6. The number of alkyl halides is 3. The van der Waals surface area contributed by atoms with Gasteiger partial charge < -0.3 is 9.47 Å². The minimum atomic E-state index is -4.64. The summed E-state index contributed by atoms with van der Waals surface area (Å²) in [5.41, 5.74) is 2.58. The lowest BCUT2D eigenvalue weighted by atomic mass is 9.98. The highest BCUT2D eigenvalue weighted by molar-refractivity contribution is 9.10. The average molecular weight is 704 g/mol. The summed E-state index contributed by atoms with van der Waals surface area (Å²) in [4.78, 5) is 34.3. The smallest absolute Gasteiger partial charge is 0.330 e. The van der Waals surface area contributed by atoms with Crippen molar-refractivity contribution in [2.45, 2.75) is 38.5 Å². The van der Waals surface area contributed by atoms with E-state index in [0.29, 0.717) is 35.0 Å². The third-order valence-electron chi connectivity index (χ3n) is 8.41. The van der Waals surface area contributed by atoms with Crippen LogP contribution >= 0.6 is 15.9 Å². The second kappa shape index (κ2) is 11.6. The van der Waals surface area contributed by atoms with Gasteiger partial charge in [0.1, 0.15) is 17.8 Å². The van der Waals surface area contributed by atoms with Crippen molar-refractivity contribution in [3.05, 3.63) is 128 Å². The lowest BCUT2D eigenvalue weighted by molar-refractivity contribution is -0.138. The molecule has 4 aromatic heterocycles. The fraction of sp³-hybridized carbons (Fsp3) is 0.212. The van der Waals surface area contributed by atoms with Gasteiger partial charge in [0.25, 0.3) is 11.5 Å². The topological polar surface area (TPSA) is 103 Å². The number of carbonyl (C=O) groups excluding carboxylic acids is 1. The zero-order chi connectivity index (χ0) is 33.0. The van der Waals surface area contributed by atoms with Crippen LogP contribution in [0.2, 0.25) is 0 Å². The van der Waals surface area contributed by atoms with Gasteiger partial charge in [-0.1, -0.05) is 46.3 Å². The molecule has 0 bridgehead atoms. The van der Waals surface area contributed by atoms with Crippen LogP contribution in [0.5, 0.6) is 0 Å². The maximum Gasteiger partial charge on any atom is 0.417 e. The summed E-state index contributed by atoms with van der Waals surface area (Å²) in [7, 11) is 1.82. The van der Waals surface area contributed by atoms with Crippen LogP contribution in [0.15, 0.2) is 88.7 Å². The molecule has 238 valence electrons. The SMILES string of the molecule is C[C@@H]1Cc2c(n3ncc(Cc4ccccc4)c3n(-c3ccc(-c4nncn4C)cn3)c2=O)CN1C(=O)c1ccc(Br)c(C(F)(F)F)c1. The Hall–Kier alpha value is -5.11. The second-order valence-electron chi connectivity index (χ2n) is 11.5. The molecule has 10 nitrogen and oxygen atoms in total. The molecule has 0 fully saturated rings. The van der Waals surface area contributed by atoms with E-state index in [-0.39, 0.29) is 28.6 Å². The summed E-state index contributed by atoms with van der Waals surface area (Å²) in [5, 5.41) is 12.8. The highest BCUT2D eigenvalue weighted by Gasteiger charge is 2.36. The summed E-state index contributed by atoms with van der Waals surface area (Å²) in [6, 6.07) is 16.2. The molecule has 0 radical (unpaired) electrons. The number of halogens is 4. The molecule has 0 saturated carbocycles. The van der Waals surface area contributed by atoms with Crippen LogP contribution in [0.25, 0.3) is 22.9 Å². The van der Waals surface area contributed by atoms with Crippen molar-refractivity contribution in [1.29, 1.82) is 0 Å². The number of aromatic nitrogens is 7. The number of rotatable bonds is 5. The first-order valence-electron chi connectivity index (χ1n) is 14.7. The molecule has 2 aromatic carbocycles. The molecule has 1 atom stereocenters. The number of amides is 1. The summed E-state index contributed by atoms with van der Waals surface area (Å²) >= 11 is 2.94. The van der Waals surface area contributed by atoms with Crippen molar-refractivity contribution < 1.29 is 18.0 Å². The minimum Gasteiger partial charge on any atom is -0.330 e. The van der Waals surface area contributed by atoms with Crippen molar-refractivity contribution in [1.82, 2.24) is 38.8 Å². The Labute approximate surface area is 274 Å². The van der Waals surface area contributed by atoms with Gasteiger partial charge in [0.2, 0.25) is 0 Å². The Kier molecular flexibility index (Phi) is 7.54. The van der Waals surface area contributed by atoms with Gasteiger partial charge in [-0.05, 0) is 49.2 Å². The van der Waals surface area contributed by atoms with Gasteiger partial charge in [-0.25, -0.2) is 14.1 Å². The van der Waals surface area contributed by atoms with E-state index in [1.807, 2.05) is 43.4 Å². The highest BCUT2D eigenvalue weighted by Crippen LogP contribution is 2.36. The molecule has 1 amide bonds. The van der Waals surface area contributed by atoms with E-state index in [1.54, 1.807) is 45.4 Å². The quantitative estimate of drug-likeness (QED) is 0.231. The van der Waals surface area contributed by atoms with E-state index in [1.165, 1.54) is 17.0 Å². The Balaban J connectivity index is 1.36. The molecule has 0 saturated heterocycles. The van der Waals surface area contributed by atoms with Crippen LogP contribution in [-0.4, -0.2) is 50.8 Å². The van der Waals surface area contributed by atoms with Crippen LogP contribution in [0.3, 0.4) is 0 Å². The van der Waals surface area contributed by atoms with E-state index in [4.69, 9.17) is 0 Å². The van der Waals surface area contributed by atoms with Gasteiger partial charge in [0.05, 0.1) is 24.0 Å². The standard InChI is InChI=1S/C33H26BrF3N8O2/c1-19-12-24-27(17-43(19)31(46)21-8-10-26(34)25(14-21)33(35,36)37)45-30(23(16-40-45)13-20-6-4-3-5-7-20)44(32(24)47)28-11-9-22(15-38-28)29-41-39-18-42(29)2/h3-11,14-16,18-19H,12-13,17H2,1-2H3/t19-/m1/s1. The third kappa shape index (κ3) is 5.41. The maximum absolute atomic E-state index is 14.4. The molecule has 47 heavy (non-hydrogen) atoms. The summed E-state index contributed by atoms with van der Waals surface area (Å²) in [5.74, 6) is 0.424. The lowest BCUT2D eigenvalue weighted by Crippen LogP contribution is -2.46. The summed E-state index contributed by atoms with van der Waals surface area (Å²) in [6.07, 6.45) is 0.912. The number of nitrogens with zero attached hydrogens (tertiary/aromatic N) is 8. The van der Waals surface area contributed by atoms with Crippen LogP contribution < -0.4 is 5.56 Å². The molecule has 5 heterocycles. The fourth-order valence-corrected chi connectivity index (χ4v) is 6.52. The Morgan fingerprint density at radius 2 is 1.85 bits per heavy atom. The second-order valence-corrected chi connectivity index (χ2v) is 12.3. The van der Waals surface area contributed by atoms with Crippen LogP contribution in [0, 0.1) is 0 Å². The number of fused-ring (bicyclic) bond motifs is 3. The fourth-order valence-electron chi connectivity index (χ4n) is 6.05. The molecule has 0 aliphatic carbocycles. The van der Waals surface area contributed by atoms with Crippen LogP contribution in [0.4, 0.5) is 13.2 Å². The van der Waals surface area contributed by atoms with Gasteiger partial charge in [-0.2, -0.15) is 18.3 Å². The van der Waals surface area contributed by atoms with Gasteiger partial charge in [-0.15, -0.1) is 10.2 Å². The van der Waals surface area contributed by atoms with Crippen molar-refractivity contribution in [3.8, 4) is 17.2 Å². The number of benzene rings is 2. The Morgan fingerprint density at radius 1 is 1.06 bits per heavy atom. The van der Waals surface area contributed by atoms with Gasteiger partial charge in [0, 0.05) is 52.4 Å². The number of hydrogen-bond donors (Lipinski definition) is 0. The molecule has 0 spiro atoms. The largest absolute Gasteiger partial charge is 0.417 e. The first-order chi connectivity index (χ1) is 22.5. The molecule has 0 unspecified atom stereocenters. The van der Waals surface area contributed by atoms with Crippen LogP contribution in [-0.2, 0) is 32.6 Å². The molecule has 1 aliphatic heterocycles. The predicted octanol–water partition coefficient (Wildman–Crippen LogP) is 5.63. The molecule has 1 aliphatic rings. The van der Waals surface area contributed by atoms with Crippen molar-refractivity contribution in [3.63, 3.8) is 0 Å². The van der Waals surface area contributed by atoms with Crippen molar-refractivity contribution >= 4 is 27.5 Å². The van der Waals surface area contributed by atoms with Gasteiger partial charge in [-0.3, -0.25) is 9.59 Å². The van der Waals surface area contributed by atoms with E-state index < -0.39 is 23.7 Å². The normalized spacial score (nSPS) is 14.9. The van der Waals surface area contributed by atoms with Crippen molar-refractivity contribution in [2.24, 2.45) is 7.05 Å². The molecule has 6 aromatic rings.